The first-order valence-electron chi connectivity index (χ1n) is 20.7. The van der Waals surface area contributed by atoms with E-state index in [9.17, 15) is 40.4 Å². The van der Waals surface area contributed by atoms with Gasteiger partial charge >= 0.3 is 5.97 Å². The molecule has 0 radical (unpaired) electrons. The maximum atomic E-state index is 14.0. The molecule has 0 spiro atoms. The molecule has 5 rings (SSSR count). The lowest BCUT2D eigenvalue weighted by Crippen LogP contribution is -2.53. The van der Waals surface area contributed by atoms with Crippen LogP contribution in [0.3, 0.4) is 0 Å². The summed E-state index contributed by atoms with van der Waals surface area (Å²) in [6.45, 7) is 12.4. The van der Waals surface area contributed by atoms with Crippen molar-refractivity contribution in [1.82, 2.24) is 14.5 Å². The maximum Gasteiger partial charge on any atom is 0.317 e. The normalized spacial score (nSPS) is 14.9. The van der Waals surface area contributed by atoms with E-state index in [0.717, 1.165) is 24.0 Å². The molecular formula is C45H55F4N5O7S. The van der Waals surface area contributed by atoms with Crippen molar-refractivity contribution < 1.29 is 49.8 Å². The molecule has 2 aliphatic rings. The molecule has 0 saturated carbocycles. The van der Waals surface area contributed by atoms with Gasteiger partial charge in [0.1, 0.15) is 5.84 Å². The van der Waals surface area contributed by atoms with Crippen molar-refractivity contribution in [3.8, 4) is 16.9 Å². The Labute approximate surface area is 360 Å². The maximum absolute atomic E-state index is 14.0. The average Bonchev–Trinajstić information content (AvgIpc) is 3.37. The van der Waals surface area contributed by atoms with E-state index in [-0.39, 0.29) is 74.2 Å². The smallest absolute Gasteiger partial charge is 0.317 e. The quantitative estimate of drug-likeness (QED) is 0.0537. The van der Waals surface area contributed by atoms with Gasteiger partial charge < -0.3 is 25.4 Å². The lowest BCUT2D eigenvalue weighted by Gasteiger charge is -2.38. The number of sulfonamides is 1. The van der Waals surface area contributed by atoms with Crippen molar-refractivity contribution >= 4 is 45.4 Å². The monoisotopic (exact) mass is 885 g/mol. The van der Waals surface area contributed by atoms with E-state index in [2.05, 4.69) is 10.3 Å². The Morgan fingerprint density at radius 1 is 0.919 bits per heavy atom. The summed E-state index contributed by atoms with van der Waals surface area (Å²) < 4.78 is 94.4. The van der Waals surface area contributed by atoms with Crippen molar-refractivity contribution in [2.24, 2.45) is 22.1 Å². The zero-order valence-electron chi connectivity index (χ0n) is 36.0. The number of esters is 1. The van der Waals surface area contributed by atoms with Crippen LogP contribution in [0, 0.1) is 34.6 Å². The number of amidine groups is 1. The van der Waals surface area contributed by atoms with Gasteiger partial charge in [-0.3, -0.25) is 14.4 Å². The molecule has 2 amide bonds. The summed E-state index contributed by atoms with van der Waals surface area (Å²) >= 11 is 0. The minimum absolute atomic E-state index is 0.00936. The Morgan fingerprint density at radius 3 is 2.21 bits per heavy atom. The number of ether oxygens (including phenoxy) is 2. The lowest BCUT2D eigenvalue weighted by molar-refractivity contribution is -0.146. The van der Waals surface area contributed by atoms with Crippen LogP contribution in [-0.2, 0) is 29.1 Å². The van der Waals surface area contributed by atoms with E-state index < -0.39 is 56.0 Å². The van der Waals surface area contributed by atoms with Gasteiger partial charge in [-0.1, -0.05) is 38.1 Å². The Hall–Kier alpha value is -5.13. The van der Waals surface area contributed by atoms with Crippen LogP contribution < -0.4 is 15.8 Å². The number of aliphatic imine (C=N–C) groups is 1. The molecule has 1 fully saturated rings. The van der Waals surface area contributed by atoms with Crippen molar-refractivity contribution in [3.63, 3.8) is 0 Å². The minimum atomic E-state index is -3.84. The van der Waals surface area contributed by atoms with E-state index in [1.807, 2.05) is 49.1 Å². The standard InChI is InChI=1S/C45H55F4N5O7S/c1-7-17-53(18-8-2)42(56)32-20-31-13-12-30(22-36(31)52-37(50)23-32)29-10-9-11-33(21-29)62(58,59)54-26-28(27-54)25-51-38(55)14-15-45(5,6)60-19-16-44(3,4)43(57)61-41-39(48)34(46)24-35(47)40(41)49/h9-13,20-22,24,28H,7-8,14-19,23,25-27H2,1-6H3,(H2,50,52)(H,51,55). The van der Waals surface area contributed by atoms with Gasteiger partial charge in [0.25, 0.3) is 0 Å². The molecule has 0 bridgehead atoms. The number of carbonyl (C=O) groups is 3. The van der Waals surface area contributed by atoms with Crippen LogP contribution in [0.15, 0.2) is 64.0 Å². The van der Waals surface area contributed by atoms with E-state index >= 15 is 0 Å². The topological polar surface area (TPSA) is 161 Å². The zero-order valence-corrected chi connectivity index (χ0v) is 36.8. The molecule has 3 aromatic carbocycles. The highest BCUT2D eigenvalue weighted by Gasteiger charge is 2.37. The number of carbonyl (C=O) groups excluding carboxylic acids is 3. The number of nitrogens with two attached hydrogens (primary N) is 1. The average molecular weight is 886 g/mol. The Morgan fingerprint density at radius 2 is 1.56 bits per heavy atom. The predicted molar refractivity (Wildman–Crippen MR) is 228 cm³/mol. The van der Waals surface area contributed by atoms with Crippen LogP contribution in [0.1, 0.15) is 85.6 Å². The molecular weight excluding hydrogens is 831 g/mol. The summed E-state index contributed by atoms with van der Waals surface area (Å²) in [7, 11) is -3.84. The molecule has 3 aromatic rings. The van der Waals surface area contributed by atoms with Gasteiger partial charge in [-0.05, 0) is 88.8 Å². The number of nitrogens with zero attached hydrogens (tertiary/aromatic N) is 3. The van der Waals surface area contributed by atoms with Crippen molar-refractivity contribution in [1.29, 1.82) is 0 Å². The first kappa shape index (κ1) is 47.9. The SMILES string of the molecule is CCCN(CCC)C(=O)C1=Cc2ccc(-c3cccc(S(=O)(=O)N4CC(CNC(=O)CCC(C)(C)OCCC(C)(C)C(=O)Oc5c(F)c(F)cc(F)c5F)C4)c3)cc2N=C(N)C1. The van der Waals surface area contributed by atoms with Crippen LogP contribution in [0.5, 0.6) is 5.75 Å². The number of fused-ring (bicyclic) bond motifs is 1. The van der Waals surface area contributed by atoms with Gasteiger partial charge in [-0.2, -0.15) is 13.1 Å². The molecule has 0 aliphatic carbocycles. The second kappa shape index (κ2) is 19.9. The highest BCUT2D eigenvalue weighted by Crippen LogP contribution is 2.35. The molecule has 0 unspecified atom stereocenters. The highest BCUT2D eigenvalue weighted by molar-refractivity contribution is 7.89. The number of hydrogen-bond donors (Lipinski definition) is 2. The number of rotatable bonds is 19. The predicted octanol–water partition coefficient (Wildman–Crippen LogP) is 7.67. The largest absolute Gasteiger partial charge is 0.420 e. The number of hydrogen-bond acceptors (Lipinski definition) is 9. The summed E-state index contributed by atoms with van der Waals surface area (Å²) in [4.78, 5) is 45.4. The molecule has 2 aliphatic heterocycles. The van der Waals surface area contributed by atoms with Gasteiger partial charge in [0.2, 0.25) is 39.2 Å². The van der Waals surface area contributed by atoms with Crippen LogP contribution in [0.4, 0.5) is 23.2 Å². The van der Waals surface area contributed by atoms with Crippen LogP contribution in [0.2, 0.25) is 0 Å². The van der Waals surface area contributed by atoms with Crippen molar-refractivity contribution in [3.05, 3.63) is 82.9 Å². The van der Waals surface area contributed by atoms with Gasteiger partial charge in [-0.15, -0.1) is 0 Å². The van der Waals surface area contributed by atoms with Crippen LogP contribution >= 0.6 is 0 Å². The Bertz CT molecular complexity index is 2310. The van der Waals surface area contributed by atoms with Gasteiger partial charge in [0.15, 0.2) is 11.6 Å². The fourth-order valence-corrected chi connectivity index (χ4v) is 8.63. The van der Waals surface area contributed by atoms with Gasteiger partial charge in [0, 0.05) is 75.3 Å². The molecule has 62 heavy (non-hydrogen) atoms. The number of amides is 2. The van der Waals surface area contributed by atoms with Crippen LogP contribution in [0.25, 0.3) is 17.2 Å². The zero-order chi connectivity index (χ0) is 45.6. The van der Waals surface area contributed by atoms with E-state index in [1.165, 1.54) is 18.2 Å². The van der Waals surface area contributed by atoms with Gasteiger partial charge in [-0.25, -0.2) is 22.2 Å². The Balaban J connectivity index is 1.09. The number of benzene rings is 3. The fraction of sp³-hybridized carbons (Fsp3) is 0.467. The molecule has 0 atom stereocenters. The first-order chi connectivity index (χ1) is 29.1. The number of halogens is 4. The summed E-state index contributed by atoms with van der Waals surface area (Å²) in [6, 6.07) is 12.2. The van der Waals surface area contributed by atoms with E-state index in [4.69, 9.17) is 15.2 Å². The molecule has 12 nitrogen and oxygen atoms in total. The molecule has 17 heteroatoms. The third-order valence-corrected chi connectivity index (χ3v) is 12.7. The summed E-state index contributed by atoms with van der Waals surface area (Å²) in [5.74, 6) is -9.73. The Kier molecular flexibility index (Phi) is 15.4. The third kappa shape index (κ3) is 11.7. The fourth-order valence-electron chi connectivity index (χ4n) is 6.99. The summed E-state index contributed by atoms with van der Waals surface area (Å²) in [6.07, 6.45) is 4.15. The molecule has 1 saturated heterocycles. The van der Waals surface area contributed by atoms with Crippen molar-refractivity contribution in [2.45, 2.75) is 90.6 Å². The van der Waals surface area contributed by atoms with Gasteiger partial charge in [0.05, 0.1) is 21.6 Å². The van der Waals surface area contributed by atoms with E-state index in [0.29, 0.717) is 42.2 Å². The lowest BCUT2D eigenvalue weighted by atomic mass is 9.89. The second-order valence-corrected chi connectivity index (χ2v) is 18.9. The third-order valence-electron chi connectivity index (χ3n) is 10.9. The molecule has 3 N–H and O–H groups in total. The van der Waals surface area contributed by atoms with Crippen molar-refractivity contribution in [2.75, 3.05) is 39.3 Å². The summed E-state index contributed by atoms with van der Waals surface area (Å²) in [5.41, 5.74) is 7.40. The van der Waals surface area contributed by atoms with E-state index in [1.54, 1.807) is 32.0 Å². The molecule has 0 aromatic heterocycles. The highest BCUT2D eigenvalue weighted by atomic mass is 32.2. The summed E-state index contributed by atoms with van der Waals surface area (Å²) in [5, 5.41) is 2.86. The second-order valence-electron chi connectivity index (χ2n) is 17.0. The first-order valence-corrected chi connectivity index (χ1v) is 22.1. The minimum Gasteiger partial charge on any atom is -0.420 e. The van der Waals surface area contributed by atoms with Crippen LogP contribution in [-0.4, -0.2) is 86.2 Å². The molecule has 336 valence electrons. The number of nitrogens with one attached hydrogen (secondary N) is 1. The molecule has 2 heterocycles.